The van der Waals surface area contributed by atoms with Crippen LogP contribution in [0.25, 0.3) is 0 Å². The Morgan fingerprint density at radius 3 is 2.45 bits per heavy atom. The first-order valence-electron chi connectivity index (χ1n) is 19.0. The Morgan fingerprint density at radius 2 is 1.75 bits per heavy atom. The molecule has 3 N–H and O–H groups in total. The van der Waals surface area contributed by atoms with E-state index in [1.807, 2.05) is 32.1 Å². The molecule has 15 atom stereocenters. The molecule has 1 aliphatic carbocycles. The number of esters is 1. The van der Waals surface area contributed by atoms with Gasteiger partial charge >= 0.3 is 5.97 Å². The lowest BCUT2D eigenvalue weighted by Crippen LogP contribution is -2.54. The number of carbonyl (C=O) groups is 1. The first kappa shape index (κ1) is 40.0. The first-order chi connectivity index (χ1) is 24.1. The number of allylic oxidation sites excluding steroid dienone is 2. The van der Waals surface area contributed by atoms with E-state index in [-0.39, 0.29) is 30.5 Å². The van der Waals surface area contributed by atoms with Gasteiger partial charge in [-0.25, -0.2) is 0 Å². The third kappa shape index (κ3) is 8.81. The quantitative estimate of drug-likeness (QED) is 0.235. The summed E-state index contributed by atoms with van der Waals surface area (Å²) in [6, 6.07) is 0. The van der Waals surface area contributed by atoms with Crippen molar-refractivity contribution in [2.75, 3.05) is 7.11 Å². The normalized spacial score (nSPS) is 47.2. The Labute approximate surface area is 304 Å². The van der Waals surface area contributed by atoms with Gasteiger partial charge in [-0.1, -0.05) is 70.6 Å². The number of methoxy groups -OCH3 is 1. The fourth-order valence-corrected chi connectivity index (χ4v) is 8.34. The van der Waals surface area contributed by atoms with Crippen LogP contribution in [0.4, 0.5) is 0 Å². The molecule has 0 aromatic carbocycles. The van der Waals surface area contributed by atoms with Crippen LogP contribution in [0.1, 0.15) is 93.9 Å². The maximum Gasteiger partial charge on any atom is 0.316 e. The van der Waals surface area contributed by atoms with Crippen LogP contribution in [-0.2, 0) is 33.2 Å². The molecular weight excluding hydrogens is 652 g/mol. The molecule has 15 unspecified atom stereocenters. The monoisotopic (exact) mass is 714 g/mol. The highest BCUT2D eigenvalue weighted by Gasteiger charge is 2.51. The largest absolute Gasteiger partial charge is 0.462 e. The Morgan fingerprint density at radius 1 is 1.00 bits per heavy atom. The summed E-state index contributed by atoms with van der Waals surface area (Å²) in [5.41, 5.74) is 0.490. The third-order valence-corrected chi connectivity index (χ3v) is 12.0. The van der Waals surface area contributed by atoms with Crippen LogP contribution >= 0.6 is 0 Å². The van der Waals surface area contributed by atoms with Gasteiger partial charge in [0.1, 0.15) is 23.7 Å². The minimum absolute atomic E-state index is 0.0290. The van der Waals surface area contributed by atoms with Crippen molar-refractivity contribution in [3.8, 4) is 0 Å². The minimum Gasteiger partial charge on any atom is -0.462 e. The van der Waals surface area contributed by atoms with Gasteiger partial charge in [-0.15, -0.1) is 0 Å². The Bertz CT molecular complexity index is 1380. The van der Waals surface area contributed by atoms with Gasteiger partial charge in [-0.2, -0.15) is 0 Å². The number of hydrogen-bond acceptors (Lipinski definition) is 10. The molecule has 5 aliphatic rings. The molecular formula is C41H62O10. The van der Waals surface area contributed by atoms with E-state index in [4.69, 9.17) is 28.4 Å². The molecule has 286 valence electrons. The number of rotatable bonds is 5. The summed E-state index contributed by atoms with van der Waals surface area (Å²) in [5, 5.41) is 33.6. The molecule has 2 saturated heterocycles. The number of aliphatic hydroxyl groups excluding tert-OH is 2. The van der Waals surface area contributed by atoms with Crippen molar-refractivity contribution in [3.05, 3.63) is 59.3 Å². The van der Waals surface area contributed by atoms with Gasteiger partial charge in [-0.05, 0) is 62.8 Å². The van der Waals surface area contributed by atoms with Crippen LogP contribution in [0, 0.1) is 23.7 Å². The molecule has 1 spiro atoms. The summed E-state index contributed by atoms with van der Waals surface area (Å²) < 4.78 is 38.3. The zero-order valence-electron chi connectivity index (χ0n) is 32.0. The number of fused-ring (bicyclic) bond motifs is 3. The number of aliphatic hydroxyl groups is 3. The second-order valence-corrected chi connectivity index (χ2v) is 15.9. The van der Waals surface area contributed by atoms with E-state index in [1.54, 1.807) is 33.1 Å². The van der Waals surface area contributed by atoms with E-state index >= 15 is 0 Å². The highest BCUT2D eigenvalue weighted by atomic mass is 16.7. The zero-order chi connectivity index (χ0) is 37.2. The van der Waals surface area contributed by atoms with Crippen LogP contribution in [0.2, 0.25) is 0 Å². The fourth-order valence-electron chi connectivity index (χ4n) is 8.34. The summed E-state index contributed by atoms with van der Waals surface area (Å²) in [7, 11) is 1.58. The molecule has 51 heavy (non-hydrogen) atoms. The van der Waals surface area contributed by atoms with Gasteiger partial charge in [0.2, 0.25) is 0 Å². The van der Waals surface area contributed by atoms with Gasteiger partial charge in [0.25, 0.3) is 0 Å². The predicted octanol–water partition coefficient (Wildman–Crippen LogP) is 5.85. The summed E-state index contributed by atoms with van der Waals surface area (Å²) in [5.74, 6) is -2.25. The van der Waals surface area contributed by atoms with E-state index < -0.39 is 66.2 Å². The third-order valence-electron chi connectivity index (χ3n) is 12.0. The van der Waals surface area contributed by atoms with Crippen molar-refractivity contribution in [2.45, 2.75) is 160 Å². The molecule has 0 amide bonds. The van der Waals surface area contributed by atoms with E-state index in [1.165, 1.54) is 0 Å². The van der Waals surface area contributed by atoms with Crippen LogP contribution < -0.4 is 0 Å². The number of carbonyl (C=O) groups excluding carboxylic acids is 1. The number of hydrogen-bond donors (Lipinski definition) is 3. The van der Waals surface area contributed by atoms with Gasteiger partial charge < -0.3 is 43.7 Å². The second-order valence-electron chi connectivity index (χ2n) is 15.9. The van der Waals surface area contributed by atoms with Gasteiger partial charge in [0, 0.05) is 44.6 Å². The van der Waals surface area contributed by atoms with Crippen LogP contribution in [-0.4, -0.2) is 94.9 Å². The molecule has 10 nitrogen and oxygen atoms in total. The Hall–Kier alpha value is -2.15. The molecule has 5 rings (SSSR count). The lowest BCUT2D eigenvalue weighted by atomic mass is 9.71. The highest BCUT2D eigenvalue weighted by Crippen LogP contribution is 2.44. The molecule has 4 heterocycles. The SMILES string of the molecule is CCC(C)C1OC2(C=CC1C)CC1CC(C/C=C(\C)C(OC3CC(OC)C(O)C(C)O3)C(C)/C=C/C=C(\C)C3(O)CC(O)C(C)=CC3C(=O)O1)O2. The van der Waals surface area contributed by atoms with Crippen LogP contribution in [0.15, 0.2) is 59.3 Å². The maximum absolute atomic E-state index is 14.1. The summed E-state index contributed by atoms with van der Waals surface area (Å²) in [6.45, 7) is 16.0. The molecule has 10 heteroatoms. The summed E-state index contributed by atoms with van der Waals surface area (Å²) in [4.78, 5) is 14.1. The lowest BCUT2D eigenvalue weighted by molar-refractivity contribution is -0.300. The average Bonchev–Trinajstić information content (AvgIpc) is 3.09. The average molecular weight is 715 g/mol. The molecule has 2 bridgehead atoms. The van der Waals surface area contributed by atoms with Crippen molar-refractivity contribution in [3.63, 3.8) is 0 Å². The zero-order valence-corrected chi connectivity index (χ0v) is 32.0. The molecule has 0 aromatic rings. The summed E-state index contributed by atoms with van der Waals surface area (Å²) in [6.07, 6.45) is 11.7. The Kier molecular flexibility index (Phi) is 12.9. The highest BCUT2D eigenvalue weighted by molar-refractivity contribution is 5.78. The Balaban J connectivity index is 1.54. The van der Waals surface area contributed by atoms with Crippen molar-refractivity contribution in [2.24, 2.45) is 23.7 Å². The van der Waals surface area contributed by atoms with Gasteiger partial charge in [-0.3, -0.25) is 4.79 Å². The first-order valence-corrected chi connectivity index (χ1v) is 19.0. The standard InChI is InChI=1S/C41H62O10/c1-10-23(2)38-26(5)16-17-40(51-38)21-31-19-30(50-40)15-14-25(4)37(49-35-20-34(46-9)36(43)29(8)47-35)24(3)12-11-13-28(7)41(45)22-33(42)27(6)18-32(41)39(44)48-31/h11-14,16-18,23-24,26,29-38,42-43,45H,10,15,19-22H2,1-9H3/b12-11+,25-14+,28-13+. The molecule has 4 aliphatic heterocycles. The van der Waals surface area contributed by atoms with Crippen molar-refractivity contribution in [1.29, 1.82) is 0 Å². The van der Waals surface area contributed by atoms with Gasteiger partial charge in [0.05, 0.1) is 36.6 Å². The minimum atomic E-state index is -1.66. The topological polar surface area (TPSA) is 133 Å². The molecule has 2 fully saturated rings. The number of ether oxygens (including phenoxy) is 6. The van der Waals surface area contributed by atoms with E-state index in [9.17, 15) is 20.1 Å². The van der Waals surface area contributed by atoms with Crippen LogP contribution in [0.3, 0.4) is 0 Å². The van der Waals surface area contributed by atoms with Gasteiger partial charge in [0.15, 0.2) is 12.1 Å². The van der Waals surface area contributed by atoms with E-state index in [0.717, 1.165) is 12.0 Å². The summed E-state index contributed by atoms with van der Waals surface area (Å²) >= 11 is 0. The second kappa shape index (κ2) is 16.5. The van der Waals surface area contributed by atoms with Crippen molar-refractivity contribution < 1.29 is 48.5 Å². The smallest absolute Gasteiger partial charge is 0.316 e. The van der Waals surface area contributed by atoms with Crippen LogP contribution in [0.5, 0.6) is 0 Å². The van der Waals surface area contributed by atoms with E-state index in [0.29, 0.717) is 42.7 Å². The van der Waals surface area contributed by atoms with E-state index in [2.05, 4.69) is 39.8 Å². The maximum atomic E-state index is 14.1. The van der Waals surface area contributed by atoms with Crippen molar-refractivity contribution in [1.82, 2.24) is 0 Å². The lowest BCUT2D eigenvalue weighted by Gasteiger charge is -2.48. The molecule has 0 saturated carbocycles. The fraction of sp³-hybridized carbons (Fsp3) is 0.732. The van der Waals surface area contributed by atoms with Crippen molar-refractivity contribution >= 4 is 5.97 Å². The molecule has 0 aromatic heterocycles. The predicted molar refractivity (Wildman–Crippen MR) is 193 cm³/mol. The molecule has 0 radical (unpaired) electrons.